The van der Waals surface area contributed by atoms with Crippen LogP contribution in [0.1, 0.15) is 29.5 Å². The smallest absolute Gasteiger partial charge is 0.322 e. The molecule has 2 amide bonds. The second-order valence-corrected chi connectivity index (χ2v) is 7.01. The third kappa shape index (κ3) is 3.89. The van der Waals surface area contributed by atoms with E-state index in [1.54, 1.807) is 0 Å². The Labute approximate surface area is 154 Å². The number of hydrogen-bond acceptors (Lipinski definition) is 3. The molecule has 26 heavy (non-hydrogen) atoms. The number of carbonyl (C=O) groups excluding carboxylic acids is 1. The van der Waals surface area contributed by atoms with E-state index >= 15 is 0 Å². The van der Waals surface area contributed by atoms with E-state index in [4.69, 9.17) is 4.74 Å². The highest BCUT2D eigenvalue weighted by molar-refractivity contribution is 5.90. The summed E-state index contributed by atoms with van der Waals surface area (Å²) >= 11 is 0. The molecule has 0 radical (unpaired) electrons. The minimum Gasteiger partial charge on any atom is -0.375 e. The van der Waals surface area contributed by atoms with Gasteiger partial charge in [0, 0.05) is 25.3 Å². The van der Waals surface area contributed by atoms with Crippen LogP contribution in [0.15, 0.2) is 48.5 Å². The molecular weight excluding hydrogens is 326 g/mol. The molecule has 1 atom stereocenters. The van der Waals surface area contributed by atoms with Crippen molar-refractivity contribution in [3.8, 4) is 0 Å². The highest BCUT2D eigenvalue weighted by Gasteiger charge is 2.29. The van der Waals surface area contributed by atoms with Gasteiger partial charge in [-0.3, -0.25) is 0 Å². The summed E-state index contributed by atoms with van der Waals surface area (Å²) in [5.41, 5.74) is 4.62. The van der Waals surface area contributed by atoms with Crippen molar-refractivity contribution in [1.29, 1.82) is 0 Å². The number of likely N-dealkylation sites (tertiary alicyclic amines) is 1. The van der Waals surface area contributed by atoms with Gasteiger partial charge in [0.25, 0.3) is 0 Å². The Hall–Kier alpha value is -2.37. The van der Waals surface area contributed by atoms with E-state index in [1.807, 2.05) is 29.2 Å². The number of nitrogens with one attached hydrogen (secondary N) is 2. The summed E-state index contributed by atoms with van der Waals surface area (Å²) in [4.78, 5) is 14.6. The van der Waals surface area contributed by atoms with E-state index in [2.05, 4.69) is 34.9 Å². The fraction of sp³-hybridized carbons (Fsp3) is 0.381. The summed E-state index contributed by atoms with van der Waals surface area (Å²) in [6, 6.07) is 16.4. The average molecular weight is 351 g/mol. The normalized spacial score (nSPS) is 18.8. The highest BCUT2D eigenvalue weighted by atomic mass is 16.5. The number of benzene rings is 2. The van der Waals surface area contributed by atoms with Crippen LogP contribution in [0.25, 0.3) is 0 Å². The second-order valence-electron chi connectivity index (χ2n) is 7.01. The third-order valence-electron chi connectivity index (χ3n) is 5.15. The summed E-state index contributed by atoms with van der Waals surface area (Å²) < 4.78 is 5.86. The molecule has 2 N–H and O–H groups in total. The average Bonchev–Trinajstić information content (AvgIpc) is 3.31. The summed E-state index contributed by atoms with van der Waals surface area (Å²) in [5, 5.41) is 6.38. The van der Waals surface area contributed by atoms with E-state index in [1.165, 1.54) is 11.1 Å². The molecule has 136 valence electrons. The van der Waals surface area contributed by atoms with Crippen molar-refractivity contribution in [2.24, 2.45) is 0 Å². The number of amides is 2. The van der Waals surface area contributed by atoms with Gasteiger partial charge in [0.05, 0.1) is 19.3 Å². The van der Waals surface area contributed by atoms with Gasteiger partial charge in [-0.1, -0.05) is 36.4 Å². The van der Waals surface area contributed by atoms with Crippen LogP contribution in [0.4, 0.5) is 10.5 Å². The van der Waals surface area contributed by atoms with Crippen LogP contribution in [0, 0.1) is 0 Å². The molecule has 2 aliphatic heterocycles. The maximum absolute atomic E-state index is 12.7. The topological polar surface area (TPSA) is 53.6 Å². The van der Waals surface area contributed by atoms with Gasteiger partial charge < -0.3 is 20.3 Å². The lowest BCUT2D eigenvalue weighted by Gasteiger charge is -2.25. The van der Waals surface area contributed by atoms with Gasteiger partial charge >= 0.3 is 6.03 Å². The minimum absolute atomic E-state index is 0.0262. The fourth-order valence-corrected chi connectivity index (χ4v) is 3.73. The van der Waals surface area contributed by atoms with Crippen LogP contribution in [0.2, 0.25) is 0 Å². The van der Waals surface area contributed by atoms with Crippen LogP contribution >= 0.6 is 0 Å². The van der Waals surface area contributed by atoms with Crippen molar-refractivity contribution in [2.75, 3.05) is 18.5 Å². The molecule has 2 aromatic rings. The Bertz CT molecular complexity index is 763. The van der Waals surface area contributed by atoms with Crippen molar-refractivity contribution in [3.05, 3.63) is 65.2 Å². The Morgan fingerprint density at radius 2 is 2.00 bits per heavy atom. The standard InChI is InChI=1S/C21H25N3O2/c25-21(23-19-9-8-17-12-22-13-18(17)11-19)24-10-4-7-20(24)15-26-14-16-5-2-1-3-6-16/h1-3,5-6,8-9,11,20,22H,4,7,10,12-15H2,(H,23,25)/t20-/m1/s1. The molecule has 5 heteroatoms. The maximum atomic E-state index is 12.7. The fourth-order valence-electron chi connectivity index (χ4n) is 3.73. The molecule has 0 unspecified atom stereocenters. The number of fused-ring (bicyclic) bond motifs is 1. The van der Waals surface area contributed by atoms with Gasteiger partial charge in [-0.25, -0.2) is 4.79 Å². The Morgan fingerprint density at radius 3 is 2.88 bits per heavy atom. The number of ether oxygens (including phenoxy) is 1. The number of anilines is 1. The van der Waals surface area contributed by atoms with Gasteiger partial charge in [0.2, 0.25) is 0 Å². The lowest BCUT2D eigenvalue weighted by molar-refractivity contribution is 0.0776. The molecule has 0 spiro atoms. The van der Waals surface area contributed by atoms with Gasteiger partial charge in [-0.15, -0.1) is 0 Å². The first-order valence-corrected chi connectivity index (χ1v) is 9.31. The summed E-state index contributed by atoms with van der Waals surface area (Å²) in [7, 11) is 0. The molecule has 2 aromatic carbocycles. The zero-order valence-electron chi connectivity index (χ0n) is 14.9. The van der Waals surface area contributed by atoms with Crippen molar-refractivity contribution in [1.82, 2.24) is 10.2 Å². The highest BCUT2D eigenvalue weighted by Crippen LogP contribution is 2.23. The van der Waals surface area contributed by atoms with Crippen molar-refractivity contribution >= 4 is 11.7 Å². The third-order valence-corrected chi connectivity index (χ3v) is 5.15. The largest absolute Gasteiger partial charge is 0.375 e. The van der Waals surface area contributed by atoms with Crippen LogP contribution in [-0.4, -0.2) is 30.1 Å². The number of nitrogens with zero attached hydrogens (tertiary/aromatic N) is 1. The predicted molar refractivity (Wildman–Crippen MR) is 102 cm³/mol. The SMILES string of the molecule is O=C(Nc1ccc2c(c1)CNC2)N1CCC[C@@H]1COCc1ccccc1. The van der Waals surface area contributed by atoms with E-state index in [0.717, 1.165) is 43.7 Å². The predicted octanol–water partition coefficient (Wildman–Crippen LogP) is 3.50. The molecule has 0 bridgehead atoms. The van der Waals surface area contributed by atoms with Gasteiger partial charge in [-0.05, 0) is 41.7 Å². The Morgan fingerprint density at radius 1 is 1.15 bits per heavy atom. The van der Waals surface area contributed by atoms with Gasteiger partial charge in [0.15, 0.2) is 0 Å². The van der Waals surface area contributed by atoms with E-state index in [9.17, 15) is 4.79 Å². The van der Waals surface area contributed by atoms with Crippen LogP contribution in [-0.2, 0) is 24.4 Å². The van der Waals surface area contributed by atoms with Gasteiger partial charge in [0.1, 0.15) is 0 Å². The summed E-state index contributed by atoms with van der Waals surface area (Å²) in [6.07, 6.45) is 2.03. The molecule has 0 aromatic heterocycles. The molecule has 5 nitrogen and oxygen atoms in total. The van der Waals surface area contributed by atoms with Gasteiger partial charge in [-0.2, -0.15) is 0 Å². The zero-order valence-corrected chi connectivity index (χ0v) is 14.9. The van der Waals surface area contributed by atoms with Crippen molar-refractivity contribution in [3.63, 3.8) is 0 Å². The minimum atomic E-state index is -0.0262. The lowest BCUT2D eigenvalue weighted by Crippen LogP contribution is -2.41. The first-order valence-electron chi connectivity index (χ1n) is 9.31. The summed E-state index contributed by atoms with van der Waals surface area (Å²) in [5.74, 6) is 0. The number of hydrogen-bond donors (Lipinski definition) is 2. The van der Waals surface area contributed by atoms with Crippen LogP contribution < -0.4 is 10.6 Å². The molecular formula is C21H25N3O2. The van der Waals surface area contributed by atoms with Crippen LogP contribution in [0.5, 0.6) is 0 Å². The molecule has 1 fully saturated rings. The van der Waals surface area contributed by atoms with E-state index in [0.29, 0.717) is 13.2 Å². The van der Waals surface area contributed by atoms with Crippen LogP contribution in [0.3, 0.4) is 0 Å². The monoisotopic (exact) mass is 351 g/mol. The molecule has 0 saturated carbocycles. The number of carbonyl (C=O) groups is 1. The van der Waals surface area contributed by atoms with E-state index < -0.39 is 0 Å². The molecule has 2 heterocycles. The summed E-state index contributed by atoms with van der Waals surface area (Å²) in [6.45, 7) is 3.74. The number of urea groups is 1. The molecule has 0 aliphatic carbocycles. The molecule has 1 saturated heterocycles. The Kier molecular flexibility index (Phi) is 5.18. The maximum Gasteiger partial charge on any atom is 0.322 e. The van der Waals surface area contributed by atoms with Crippen molar-refractivity contribution in [2.45, 2.75) is 38.6 Å². The quantitative estimate of drug-likeness (QED) is 0.867. The Balaban J connectivity index is 1.31. The lowest BCUT2D eigenvalue weighted by atomic mass is 10.1. The molecule has 4 rings (SSSR count). The molecule has 2 aliphatic rings. The van der Waals surface area contributed by atoms with E-state index in [-0.39, 0.29) is 12.1 Å². The second kappa shape index (κ2) is 7.89. The number of rotatable bonds is 5. The zero-order chi connectivity index (χ0) is 17.8. The first kappa shape index (κ1) is 17.1. The van der Waals surface area contributed by atoms with Crippen molar-refractivity contribution < 1.29 is 9.53 Å². The first-order chi connectivity index (χ1) is 12.8.